The van der Waals surface area contributed by atoms with E-state index in [0.29, 0.717) is 11.1 Å². The van der Waals surface area contributed by atoms with E-state index in [-0.39, 0.29) is 23.0 Å². The number of carbonyl (C=O) groups excluding carboxylic acids is 1. The van der Waals surface area contributed by atoms with Gasteiger partial charge in [0, 0.05) is 23.3 Å². The van der Waals surface area contributed by atoms with E-state index in [2.05, 4.69) is 25.6 Å². The first-order valence-electron chi connectivity index (χ1n) is 8.15. The Labute approximate surface area is 166 Å². The molecular weight excluding hydrogens is 400 g/mol. The molecule has 2 heterocycles. The third-order valence-electron chi connectivity index (χ3n) is 3.64. The number of anilines is 2. The lowest BCUT2D eigenvalue weighted by Crippen LogP contribution is -2.23. The highest BCUT2D eigenvalue weighted by Gasteiger charge is 2.12. The van der Waals surface area contributed by atoms with Crippen molar-refractivity contribution in [2.75, 3.05) is 5.32 Å². The van der Waals surface area contributed by atoms with Crippen LogP contribution in [0, 0.1) is 13.8 Å². The molecule has 146 valence electrons. The van der Waals surface area contributed by atoms with Gasteiger partial charge in [0.05, 0.1) is 4.90 Å². The number of rotatable bonds is 6. The summed E-state index contributed by atoms with van der Waals surface area (Å²) in [5.41, 5.74) is 2.66. The predicted octanol–water partition coefficient (Wildman–Crippen LogP) is 1.87. The van der Waals surface area contributed by atoms with E-state index in [1.165, 1.54) is 23.5 Å². The SMILES string of the molecule is Cc1cc(C)nc(Nc2nc(C(=O)NCc3ccc(S(N)(=O)=O)cc3)cs2)n1. The molecule has 0 bridgehead atoms. The van der Waals surface area contributed by atoms with Crippen molar-refractivity contribution >= 4 is 38.3 Å². The number of nitrogens with two attached hydrogens (primary N) is 1. The van der Waals surface area contributed by atoms with Crippen LogP contribution in [0.4, 0.5) is 11.1 Å². The number of benzene rings is 1. The Hall–Kier alpha value is -2.89. The van der Waals surface area contributed by atoms with Crippen molar-refractivity contribution in [1.82, 2.24) is 20.3 Å². The van der Waals surface area contributed by atoms with Crippen LogP contribution in [0.5, 0.6) is 0 Å². The lowest BCUT2D eigenvalue weighted by molar-refractivity contribution is 0.0946. The van der Waals surface area contributed by atoms with Crippen molar-refractivity contribution in [3.63, 3.8) is 0 Å². The van der Waals surface area contributed by atoms with E-state index in [9.17, 15) is 13.2 Å². The van der Waals surface area contributed by atoms with Gasteiger partial charge in [-0.05, 0) is 37.6 Å². The molecule has 2 aromatic heterocycles. The molecule has 0 aliphatic heterocycles. The Bertz CT molecular complexity index is 1090. The topological polar surface area (TPSA) is 140 Å². The summed E-state index contributed by atoms with van der Waals surface area (Å²) in [4.78, 5) is 25.1. The maximum Gasteiger partial charge on any atom is 0.271 e. The fourth-order valence-corrected chi connectivity index (χ4v) is 3.58. The summed E-state index contributed by atoms with van der Waals surface area (Å²) in [6, 6.07) is 7.83. The zero-order valence-electron chi connectivity index (χ0n) is 15.1. The van der Waals surface area contributed by atoms with Gasteiger partial charge in [0.15, 0.2) is 5.13 Å². The zero-order chi connectivity index (χ0) is 20.3. The zero-order valence-corrected chi connectivity index (χ0v) is 16.8. The monoisotopic (exact) mass is 418 g/mol. The predicted molar refractivity (Wildman–Crippen MR) is 106 cm³/mol. The summed E-state index contributed by atoms with van der Waals surface area (Å²) in [5, 5.41) is 12.9. The fraction of sp³-hybridized carbons (Fsp3) is 0.176. The quantitative estimate of drug-likeness (QED) is 0.555. The minimum absolute atomic E-state index is 0.0198. The standard InChI is InChI=1S/C17H18N6O3S2/c1-10-7-11(2)21-16(20-10)23-17-22-14(9-27-17)15(24)19-8-12-3-5-13(6-4-12)28(18,25)26/h3-7,9H,8H2,1-2H3,(H,19,24)(H2,18,25,26)(H,20,21,22,23). The lowest BCUT2D eigenvalue weighted by Gasteiger charge is -2.05. The van der Waals surface area contributed by atoms with Crippen molar-refractivity contribution in [3.8, 4) is 0 Å². The summed E-state index contributed by atoms with van der Waals surface area (Å²) >= 11 is 1.27. The molecule has 0 saturated heterocycles. The average molecular weight is 419 g/mol. The smallest absolute Gasteiger partial charge is 0.271 e. The van der Waals surface area contributed by atoms with E-state index >= 15 is 0 Å². The molecular formula is C17H18N6O3S2. The van der Waals surface area contributed by atoms with Crippen LogP contribution in [0.3, 0.4) is 0 Å². The van der Waals surface area contributed by atoms with Crippen LogP contribution in [0.25, 0.3) is 0 Å². The van der Waals surface area contributed by atoms with E-state index in [4.69, 9.17) is 5.14 Å². The molecule has 28 heavy (non-hydrogen) atoms. The molecule has 9 nitrogen and oxygen atoms in total. The van der Waals surface area contributed by atoms with E-state index < -0.39 is 10.0 Å². The number of hydrogen-bond donors (Lipinski definition) is 3. The Morgan fingerprint density at radius 3 is 2.36 bits per heavy atom. The van der Waals surface area contributed by atoms with Crippen LogP contribution in [-0.2, 0) is 16.6 Å². The number of primary sulfonamides is 1. The number of nitrogens with one attached hydrogen (secondary N) is 2. The van der Waals surface area contributed by atoms with E-state index in [0.717, 1.165) is 17.0 Å². The van der Waals surface area contributed by atoms with Crippen LogP contribution in [0.2, 0.25) is 0 Å². The summed E-state index contributed by atoms with van der Waals surface area (Å²) in [6.45, 7) is 3.97. The number of nitrogens with zero attached hydrogens (tertiary/aromatic N) is 3. The maximum atomic E-state index is 12.3. The van der Waals surface area contributed by atoms with Gasteiger partial charge in [-0.1, -0.05) is 12.1 Å². The fourth-order valence-electron chi connectivity index (χ4n) is 2.38. The molecule has 0 aliphatic carbocycles. The van der Waals surface area contributed by atoms with Crippen LogP contribution in [-0.4, -0.2) is 29.3 Å². The van der Waals surface area contributed by atoms with Gasteiger partial charge < -0.3 is 10.6 Å². The van der Waals surface area contributed by atoms with Crippen LogP contribution >= 0.6 is 11.3 Å². The molecule has 0 saturated carbocycles. The summed E-state index contributed by atoms with van der Waals surface area (Å²) in [7, 11) is -3.74. The molecule has 11 heteroatoms. The van der Waals surface area contributed by atoms with Crippen molar-refractivity contribution in [2.24, 2.45) is 5.14 Å². The van der Waals surface area contributed by atoms with Gasteiger partial charge >= 0.3 is 0 Å². The summed E-state index contributed by atoms with van der Waals surface area (Å²) in [5.74, 6) is 0.0786. The van der Waals surface area contributed by atoms with Crippen molar-refractivity contribution in [2.45, 2.75) is 25.3 Å². The molecule has 1 amide bonds. The van der Waals surface area contributed by atoms with Gasteiger partial charge in [-0.25, -0.2) is 28.5 Å². The average Bonchev–Trinajstić information content (AvgIpc) is 3.07. The number of thiazole rings is 1. The molecule has 1 aromatic carbocycles. The second-order valence-electron chi connectivity index (χ2n) is 6.01. The second-order valence-corrected chi connectivity index (χ2v) is 8.43. The number of hydrogen-bond acceptors (Lipinski definition) is 8. The molecule has 3 aromatic rings. The van der Waals surface area contributed by atoms with Crippen LogP contribution < -0.4 is 15.8 Å². The van der Waals surface area contributed by atoms with Gasteiger partial charge in [-0.15, -0.1) is 11.3 Å². The minimum atomic E-state index is -3.74. The number of aromatic nitrogens is 3. The van der Waals surface area contributed by atoms with Gasteiger partial charge in [-0.3, -0.25) is 4.79 Å². The molecule has 0 aliphatic rings. The largest absolute Gasteiger partial charge is 0.347 e. The first kappa shape index (κ1) is 19.9. The lowest BCUT2D eigenvalue weighted by atomic mass is 10.2. The molecule has 0 fully saturated rings. The molecule has 0 spiro atoms. The highest BCUT2D eigenvalue weighted by atomic mass is 32.2. The highest BCUT2D eigenvalue weighted by Crippen LogP contribution is 2.19. The van der Waals surface area contributed by atoms with Gasteiger partial charge in [0.1, 0.15) is 5.69 Å². The number of carbonyl (C=O) groups is 1. The second kappa shape index (κ2) is 8.00. The molecule has 0 radical (unpaired) electrons. The minimum Gasteiger partial charge on any atom is -0.347 e. The van der Waals surface area contributed by atoms with Crippen molar-refractivity contribution < 1.29 is 13.2 Å². The molecule has 0 unspecified atom stereocenters. The molecule has 3 rings (SSSR count). The van der Waals surface area contributed by atoms with Crippen molar-refractivity contribution in [3.05, 3.63) is 58.4 Å². The summed E-state index contributed by atoms with van der Waals surface area (Å²) in [6.07, 6.45) is 0. The Balaban J connectivity index is 1.61. The first-order chi connectivity index (χ1) is 13.2. The van der Waals surface area contributed by atoms with Crippen LogP contribution in [0.1, 0.15) is 27.4 Å². The third-order valence-corrected chi connectivity index (χ3v) is 5.33. The Kier molecular flexibility index (Phi) is 5.68. The van der Waals surface area contributed by atoms with Gasteiger partial charge in [-0.2, -0.15) is 0 Å². The number of amides is 1. The summed E-state index contributed by atoms with van der Waals surface area (Å²) < 4.78 is 22.5. The van der Waals surface area contributed by atoms with Gasteiger partial charge in [0.25, 0.3) is 5.91 Å². The highest BCUT2D eigenvalue weighted by molar-refractivity contribution is 7.89. The third kappa shape index (κ3) is 5.09. The van der Waals surface area contributed by atoms with Crippen molar-refractivity contribution in [1.29, 1.82) is 0 Å². The first-order valence-corrected chi connectivity index (χ1v) is 10.6. The Morgan fingerprint density at radius 1 is 1.11 bits per heavy atom. The molecule has 0 atom stereocenters. The number of sulfonamides is 1. The van der Waals surface area contributed by atoms with E-state index in [1.54, 1.807) is 17.5 Å². The Morgan fingerprint density at radius 2 is 1.75 bits per heavy atom. The van der Waals surface area contributed by atoms with Gasteiger partial charge in [0.2, 0.25) is 16.0 Å². The molecule has 4 N–H and O–H groups in total. The van der Waals surface area contributed by atoms with Crippen LogP contribution in [0.15, 0.2) is 40.6 Å². The number of aryl methyl sites for hydroxylation is 2. The normalized spacial score (nSPS) is 11.2. The maximum absolute atomic E-state index is 12.3. The van der Waals surface area contributed by atoms with E-state index in [1.807, 2.05) is 19.9 Å².